The number of likely N-dealkylation sites (N-methyl/N-ethyl adjacent to an activating group) is 1. The van der Waals surface area contributed by atoms with Gasteiger partial charge in [0.1, 0.15) is 23.5 Å². The average Bonchev–Trinajstić information content (AvgIpc) is 2.81. The number of pyridine rings is 1. The molecular weight excluding hydrogens is 407 g/mol. The van der Waals surface area contributed by atoms with Gasteiger partial charge in [-0.1, -0.05) is 19.1 Å². The normalized spacial score (nSPS) is 16.0. The van der Waals surface area contributed by atoms with E-state index in [4.69, 9.17) is 4.74 Å². The Kier molecular flexibility index (Phi) is 9.10. The number of nitrogens with zero attached hydrogens (tertiary/aromatic N) is 4. The minimum Gasteiger partial charge on any atom is -0.489 e. The highest BCUT2D eigenvalue weighted by atomic mass is 19.1. The number of benzene rings is 1. The van der Waals surface area contributed by atoms with E-state index in [1.54, 1.807) is 12.1 Å². The van der Waals surface area contributed by atoms with Crippen LogP contribution in [0.15, 0.2) is 47.6 Å². The Labute approximate surface area is 190 Å². The lowest BCUT2D eigenvalue weighted by Gasteiger charge is -2.33. The van der Waals surface area contributed by atoms with Crippen molar-refractivity contribution in [3.05, 3.63) is 54.0 Å². The number of piperazine rings is 1. The number of nitrogens with one attached hydrogen (secondary N) is 2. The molecule has 0 radical (unpaired) electrons. The summed E-state index contributed by atoms with van der Waals surface area (Å²) in [5, 5.41) is 6.59. The largest absolute Gasteiger partial charge is 0.489 e. The summed E-state index contributed by atoms with van der Waals surface area (Å²) in [6.07, 6.45) is 2.61. The summed E-state index contributed by atoms with van der Waals surface area (Å²) >= 11 is 0. The first kappa shape index (κ1) is 23.8. The monoisotopic (exact) mass is 442 g/mol. The highest BCUT2D eigenvalue weighted by Crippen LogP contribution is 2.15. The van der Waals surface area contributed by atoms with Crippen molar-refractivity contribution in [1.82, 2.24) is 20.5 Å². The number of anilines is 1. The molecule has 1 atom stereocenters. The zero-order valence-corrected chi connectivity index (χ0v) is 19.4. The first-order chi connectivity index (χ1) is 15.6. The van der Waals surface area contributed by atoms with Crippen LogP contribution in [0.2, 0.25) is 0 Å². The van der Waals surface area contributed by atoms with Gasteiger partial charge in [-0.15, -0.1) is 0 Å². The first-order valence-corrected chi connectivity index (χ1v) is 11.4. The lowest BCUT2D eigenvalue weighted by molar-refractivity contribution is 0.198. The van der Waals surface area contributed by atoms with Gasteiger partial charge < -0.3 is 25.2 Å². The molecule has 2 aromatic rings. The predicted molar refractivity (Wildman–Crippen MR) is 128 cm³/mol. The zero-order chi connectivity index (χ0) is 22.8. The van der Waals surface area contributed by atoms with E-state index >= 15 is 0 Å². The third kappa shape index (κ3) is 7.37. The molecular formula is C24H35FN6O. The predicted octanol–water partition coefficient (Wildman–Crippen LogP) is 2.89. The van der Waals surface area contributed by atoms with Crippen molar-refractivity contribution >= 4 is 11.8 Å². The Hall–Kier alpha value is -2.87. The van der Waals surface area contributed by atoms with E-state index in [9.17, 15) is 4.39 Å². The van der Waals surface area contributed by atoms with E-state index in [0.29, 0.717) is 18.8 Å². The molecule has 174 valence electrons. The Balaban J connectivity index is 1.53. The summed E-state index contributed by atoms with van der Waals surface area (Å²) in [5.41, 5.74) is 1.06. The maximum absolute atomic E-state index is 13.4. The van der Waals surface area contributed by atoms with Crippen LogP contribution in [0.4, 0.5) is 10.2 Å². The molecule has 0 amide bonds. The Morgan fingerprint density at radius 2 is 1.97 bits per heavy atom. The molecule has 0 spiro atoms. The van der Waals surface area contributed by atoms with Crippen LogP contribution in [0.1, 0.15) is 25.8 Å². The van der Waals surface area contributed by atoms with Crippen LogP contribution in [-0.2, 0) is 6.54 Å². The standard InChI is InChI=1S/C24H35FN6O/c1-4-21(32-22-8-6-7-20(25)15-22)18-29-24(26-5-2)28-17-19-9-10-23(27-16-19)31-13-11-30(3)12-14-31/h6-10,15-16,21H,4-5,11-14,17-18H2,1-3H3,(H2,26,28,29). The highest BCUT2D eigenvalue weighted by molar-refractivity contribution is 5.79. The maximum Gasteiger partial charge on any atom is 0.191 e. The molecule has 1 saturated heterocycles. The molecule has 8 heteroatoms. The van der Waals surface area contributed by atoms with Gasteiger partial charge in [-0.3, -0.25) is 0 Å². The molecule has 2 N–H and O–H groups in total. The molecule has 2 heterocycles. The van der Waals surface area contributed by atoms with Gasteiger partial charge in [0.2, 0.25) is 0 Å². The number of halogens is 1. The fourth-order valence-electron chi connectivity index (χ4n) is 3.46. The molecule has 1 aliphatic rings. The van der Waals surface area contributed by atoms with Crippen LogP contribution >= 0.6 is 0 Å². The van der Waals surface area contributed by atoms with Gasteiger partial charge >= 0.3 is 0 Å². The fraction of sp³-hybridized carbons (Fsp3) is 0.500. The molecule has 32 heavy (non-hydrogen) atoms. The zero-order valence-electron chi connectivity index (χ0n) is 19.4. The van der Waals surface area contributed by atoms with Gasteiger partial charge in [0.05, 0.1) is 13.1 Å². The molecule has 1 aromatic carbocycles. The van der Waals surface area contributed by atoms with Crippen LogP contribution in [0.25, 0.3) is 0 Å². The van der Waals surface area contributed by atoms with Gasteiger partial charge in [0.15, 0.2) is 5.96 Å². The lowest BCUT2D eigenvalue weighted by atomic mass is 10.2. The van der Waals surface area contributed by atoms with Crippen molar-refractivity contribution in [3.8, 4) is 5.75 Å². The van der Waals surface area contributed by atoms with Crippen LogP contribution in [-0.4, -0.2) is 68.3 Å². The Morgan fingerprint density at radius 1 is 1.16 bits per heavy atom. The number of ether oxygens (including phenoxy) is 1. The molecule has 0 saturated carbocycles. The Morgan fingerprint density at radius 3 is 2.62 bits per heavy atom. The van der Waals surface area contributed by atoms with E-state index in [-0.39, 0.29) is 11.9 Å². The van der Waals surface area contributed by atoms with E-state index in [1.165, 1.54) is 12.1 Å². The second kappa shape index (κ2) is 12.2. The smallest absolute Gasteiger partial charge is 0.191 e. The van der Waals surface area contributed by atoms with Gasteiger partial charge in [-0.05, 0) is 44.2 Å². The first-order valence-electron chi connectivity index (χ1n) is 11.4. The van der Waals surface area contributed by atoms with Crippen molar-refractivity contribution in [3.63, 3.8) is 0 Å². The fourth-order valence-corrected chi connectivity index (χ4v) is 3.46. The van der Waals surface area contributed by atoms with Crippen LogP contribution in [0.3, 0.4) is 0 Å². The summed E-state index contributed by atoms with van der Waals surface area (Å²) in [7, 11) is 2.15. The molecule has 1 aliphatic heterocycles. The van der Waals surface area contributed by atoms with E-state index in [2.05, 4.69) is 49.6 Å². The van der Waals surface area contributed by atoms with Gasteiger partial charge in [-0.25, -0.2) is 14.4 Å². The van der Waals surface area contributed by atoms with Crippen LogP contribution < -0.4 is 20.3 Å². The van der Waals surface area contributed by atoms with Gasteiger partial charge in [0, 0.05) is 45.0 Å². The van der Waals surface area contributed by atoms with Crippen molar-refractivity contribution < 1.29 is 9.13 Å². The molecule has 1 aromatic heterocycles. The minimum atomic E-state index is -0.299. The number of hydrogen-bond acceptors (Lipinski definition) is 5. The third-order valence-corrected chi connectivity index (χ3v) is 5.45. The summed E-state index contributed by atoms with van der Waals surface area (Å²) in [6.45, 7) is 10.1. The molecule has 1 fully saturated rings. The summed E-state index contributed by atoms with van der Waals surface area (Å²) in [5.74, 6) is 1.98. The lowest BCUT2D eigenvalue weighted by Crippen LogP contribution is -2.44. The number of rotatable bonds is 9. The minimum absolute atomic E-state index is 0.0924. The number of aromatic nitrogens is 1. The van der Waals surface area contributed by atoms with Gasteiger partial charge in [0.25, 0.3) is 0 Å². The SMILES string of the molecule is CCNC(=NCc1ccc(N2CCN(C)CC2)nc1)NCC(CC)Oc1cccc(F)c1. The van der Waals surface area contributed by atoms with Crippen molar-refractivity contribution in [2.75, 3.05) is 51.2 Å². The molecule has 3 rings (SSSR count). The quantitative estimate of drug-likeness (QED) is 0.460. The van der Waals surface area contributed by atoms with Crippen molar-refractivity contribution in [1.29, 1.82) is 0 Å². The van der Waals surface area contributed by atoms with Crippen LogP contribution in [0, 0.1) is 5.82 Å². The van der Waals surface area contributed by atoms with Gasteiger partial charge in [-0.2, -0.15) is 0 Å². The van der Waals surface area contributed by atoms with Crippen molar-refractivity contribution in [2.45, 2.75) is 32.9 Å². The molecule has 7 nitrogen and oxygen atoms in total. The summed E-state index contributed by atoms with van der Waals surface area (Å²) in [6, 6.07) is 10.4. The summed E-state index contributed by atoms with van der Waals surface area (Å²) in [4.78, 5) is 14.0. The molecule has 0 bridgehead atoms. The number of guanidine groups is 1. The third-order valence-electron chi connectivity index (χ3n) is 5.45. The summed E-state index contributed by atoms with van der Waals surface area (Å²) < 4.78 is 19.3. The van der Waals surface area contributed by atoms with E-state index in [0.717, 1.165) is 56.5 Å². The Bertz CT molecular complexity index is 852. The van der Waals surface area contributed by atoms with E-state index < -0.39 is 0 Å². The topological polar surface area (TPSA) is 65.0 Å². The molecule has 0 aliphatic carbocycles. The average molecular weight is 443 g/mol. The second-order valence-corrected chi connectivity index (χ2v) is 8.00. The number of hydrogen-bond donors (Lipinski definition) is 2. The van der Waals surface area contributed by atoms with Crippen molar-refractivity contribution in [2.24, 2.45) is 4.99 Å². The molecule has 1 unspecified atom stereocenters. The maximum atomic E-state index is 13.4. The van der Waals surface area contributed by atoms with Crippen LogP contribution in [0.5, 0.6) is 5.75 Å². The second-order valence-electron chi connectivity index (χ2n) is 8.00. The number of aliphatic imine (C=N–C) groups is 1. The highest BCUT2D eigenvalue weighted by Gasteiger charge is 2.15. The van der Waals surface area contributed by atoms with E-state index in [1.807, 2.05) is 20.0 Å².